The van der Waals surface area contributed by atoms with E-state index in [-0.39, 0.29) is 17.5 Å². The Morgan fingerprint density at radius 1 is 1.00 bits per heavy atom. The molecule has 3 aromatic carbocycles. The fourth-order valence-corrected chi connectivity index (χ4v) is 3.45. The van der Waals surface area contributed by atoms with E-state index in [1.54, 1.807) is 54.7 Å². The number of Topliss-reactive ketones (excluding diaryl/α,β-unsaturated/α-hetero) is 1. The molecule has 1 aromatic heterocycles. The molecule has 0 radical (unpaired) electrons. The number of fused-ring (bicyclic) bond motifs is 1. The number of aromatic nitrogens is 1. The largest absolute Gasteiger partial charge is 0.456 e. The maximum absolute atomic E-state index is 13.5. The molecule has 1 N–H and O–H groups in total. The number of nitrogens with zero attached hydrogens (tertiary/aromatic N) is 1. The highest BCUT2D eigenvalue weighted by molar-refractivity contribution is 5.96. The lowest BCUT2D eigenvalue weighted by Gasteiger charge is -2.14. The Balaban J connectivity index is 1.54. The van der Waals surface area contributed by atoms with E-state index in [0.29, 0.717) is 45.6 Å². The number of carbonyl (C=O) groups excluding carboxylic acids is 2. The normalized spacial score (nSPS) is 10.7. The number of benzene rings is 3. The van der Waals surface area contributed by atoms with Crippen LogP contribution in [0.4, 0.5) is 4.39 Å². The van der Waals surface area contributed by atoms with Crippen LogP contribution in [0.3, 0.4) is 0 Å². The number of ketones is 1. The Hall–Kier alpha value is -4.06. The van der Waals surface area contributed by atoms with Gasteiger partial charge in [-0.15, -0.1) is 0 Å². The molecule has 0 saturated heterocycles. The first-order valence-corrected chi connectivity index (χ1v) is 10.1. The number of hydrogen-bond acceptors (Lipinski definition) is 4. The topological polar surface area (TPSA) is 68.3 Å². The van der Waals surface area contributed by atoms with Crippen LogP contribution in [0.1, 0.15) is 38.8 Å². The van der Waals surface area contributed by atoms with Crippen molar-refractivity contribution in [1.29, 1.82) is 0 Å². The molecule has 0 saturated carbocycles. The molecule has 0 atom stereocenters. The van der Waals surface area contributed by atoms with E-state index >= 15 is 0 Å². The lowest BCUT2D eigenvalue weighted by molar-refractivity contribution is 0.0949. The van der Waals surface area contributed by atoms with Gasteiger partial charge in [-0.1, -0.05) is 24.3 Å². The summed E-state index contributed by atoms with van der Waals surface area (Å²) in [5.41, 5.74) is 3.09. The molecule has 4 aromatic rings. The number of halogens is 1. The van der Waals surface area contributed by atoms with Crippen LogP contribution in [0.2, 0.25) is 0 Å². The van der Waals surface area contributed by atoms with Gasteiger partial charge >= 0.3 is 0 Å². The number of ether oxygens (including phenoxy) is 1. The van der Waals surface area contributed by atoms with Crippen LogP contribution in [0.25, 0.3) is 10.9 Å². The molecule has 0 aliphatic carbocycles. The van der Waals surface area contributed by atoms with Crippen molar-refractivity contribution < 1.29 is 18.7 Å². The Labute approximate surface area is 184 Å². The van der Waals surface area contributed by atoms with Crippen molar-refractivity contribution in [3.63, 3.8) is 0 Å². The summed E-state index contributed by atoms with van der Waals surface area (Å²) in [5.74, 6) is 0.406. The third kappa shape index (κ3) is 4.49. The third-order valence-electron chi connectivity index (χ3n) is 5.20. The SMILES string of the molecule is CC(=O)c1cccc(CNC(=O)c2cccc(Oc3ccnc4cc(F)ccc34)c2C)c1. The van der Waals surface area contributed by atoms with Crippen LogP contribution >= 0.6 is 0 Å². The van der Waals surface area contributed by atoms with Gasteiger partial charge in [0, 0.05) is 40.9 Å². The number of carbonyl (C=O) groups is 2. The molecule has 0 fully saturated rings. The second-order valence-corrected chi connectivity index (χ2v) is 7.44. The van der Waals surface area contributed by atoms with E-state index in [4.69, 9.17) is 4.74 Å². The maximum atomic E-state index is 13.5. The van der Waals surface area contributed by atoms with Crippen molar-refractivity contribution in [2.24, 2.45) is 0 Å². The molecule has 4 rings (SSSR count). The van der Waals surface area contributed by atoms with Gasteiger partial charge in [-0.2, -0.15) is 0 Å². The van der Waals surface area contributed by atoms with Gasteiger partial charge in [-0.05, 0) is 55.8 Å². The van der Waals surface area contributed by atoms with E-state index < -0.39 is 0 Å². The Morgan fingerprint density at radius 2 is 1.81 bits per heavy atom. The summed E-state index contributed by atoms with van der Waals surface area (Å²) in [6.45, 7) is 3.61. The zero-order valence-corrected chi connectivity index (χ0v) is 17.7. The zero-order valence-electron chi connectivity index (χ0n) is 17.7. The summed E-state index contributed by atoms with van der Waals surface area (Å²) in [6, 6.07) is 18.4. The molecule has 1 amide bonds. The highest BCUT2D eigenvalue weighted by Crippen LogP contribution is 2.32. The molecule has 0 unspecified atom stereocenters. The molecule has 32 heavy (non-hydrogen) atoms. The molecular weight excluding hydrogens is 407 g/mol. The summed E-state index contributed by atoms with van der Waals surface area (Å²) in [6.07, 6.45) is 1.55. The summed E-state index contributed by atoms with van der Waals surface area (Å²) < 4.78 is 19.6. The number of hydrogen-bond donors (Lipinski definition) is 1. The van der Waals surface area contributed by atoms with Crippen molar-refractivity contribution in [1.82, 2.24) is 10.3 Å². The van der Waals surface area contributed by atoms with Gasteiger partial charge in [0.2, 0.25) is 0 Å². The van der Waals surface area contributed by atoms with Gasteiger partial charge in [-0.3, -0.25) is 14.6 Å². The highest BCUT2D eigenvalue weighted by Gasteiger charge is 2.14. The molecule has 0 aliphatic heterocycles. The molecule has 0 aliphatic rings. The minimum Gasteiger partial charge on any atom is -0.456 e. The van der Waals surface area contributed by atoms with Gasteiger partial charge in [0.15, 0.2) is 5.78 Å². The van der Waals surface area contributed by atoms with Crippen molar-refractivity contribution >= 4 is 22.6 Å². The van der Waals surface area contributed by atoms with Crippen LogP contribution in [0, 0.1) is 12.7 Å². The summed E-state index contributed by atoms with van der Waals surface area (Å²) in [5, 5.41) is 3.57. The van der Waals surface area contributed by atoms with E-state index in [0.717, 1.165) is 5.56 Å². The lowest BCUT2D eigenvalue weighted by Crippen LogP contribution is -2.23. The first kappa shape index (κ1) is 21.2. The molecule has 1 heterocycles. The van der Waals surface area contributed by atoms with Gasteiger partial charge in [-0.25, -0.2) is 4.39 Å². The number of nitrogens with one attached hydrogen (secondary N) is 1. The van der Waals surface area contributed by atoms with Crippen LogP contribution in [-0.4, -0.2) is 16.7 Å². The summed E-state index contributed by atoms with van der Waals surface area (Å²) in [7, 11) is 0. The second kappa shape index (κ2) is 8.98. The lowest BCUT2D eigenvalue weighted by atomic mass is 10.1. The van der Waals surface area contributed by atoms with Gasteiger partial charge in [0.1, 0.15) is 17.3 Å². The van der Waals surface area contributed by atoms with Crippen LogP contribution in [0.15, 0.2) is 72.9 Å². The van der Waals surface area contributed by atoms with E-state index in [9.17, 15) is 14.0 Å². The van der Waals surface area contributed by atoms with Crippen LogP contribution in [0.5, 0.6) is 11.5 Å². The van der Waals surface area contributed by atoms with Crippen molar-refractivity contribution in [2.45, 2.75) is 20.4 Å². The fraction of sp³-hybridized carbons (Fsp3) is 0.115. The van der Waals surface area contributed by atoms with E-state index in [2.05, 4.69) is 10.3 Å². The van der Waals surface area contributed by atoms with E-state index in [1.165, 1.54) is 19.1 Å². The third-order valence-corrected chi connectivity index (χ3v) is 5.20. The number of amides is 1. The fourth-order valence-electron chi connectivity index (χ4n) is 3.45. The van der Waals surface area contributed by atoms with Gasteiger partial charge in [0.25, 0.3) is 5.91 Å². The quantitative estimate of drug-likeness (QED) is 0.406. The molecule has 0 spiro atoms. The molecule has 6 heteroatoms. The standard InChI is InChI=1S/C26H21FN2O3/c1-16-21(26(31)29-15-18-5-3-6-19(13-18)17(2)30)7-4-8-24(16)32-25-11-12-28-23-14-20(27)9-10-22(23)25/h3-14H,15H2,1-2H3,(H,29,31). The minimum atomic E-state index is -0.370. The average molecular weight is 428 g/mol. The predicted octanol–water partition coefficient (Wildman–Crippen LogP) is 5.61. The number of pyridine rings is 1. The summed E-state index contributed by atoms with van der Waals surface area (Å²) in [4.78, 5) is 28.6. The second-order valence-electron chi connectivity index (χ2n) is 7.44. The zero-order chi connectivity index (χ0) is 22.7. The summed E-state index contributed by atoms with van der Waals surface area (Å²) >= 11 is 0. The van der Waals surface area contributed by atoms with Crippen molar-refractivity contribution in [3.05, 3.63) is 101 Å². The maximum Gasteiger partial charge on any atom is 0.251 e. The molecule has 160 valence electrons. The molecular formula is C26H21FN2O3. The average Bonchev–Trinajstić information content (AvgIpc) is 2.79. The van der Waals surface area contributed by atoms with Gasteiger partial charge < -0.3 is 10.1 Å². The van der Waals surface area contributed by atoms with Crippen LogP contribution < -0.4 is 10.1 Å². The predicted molar refractivity (Wildman–Crippen MR) is 121 cm³/mol. The van der Waals surface area contributed by atoms with Gasteiger partial charge in [0.05, 0.1) is 5.52 Å². The Bertz CT molecular complexity index is 1330. The monoisotopic (exact) mass is 428 g/mol. The minimum absolute atomic E-state index is 0.0229. The first-order valence-electron chi connectivity index (χ1n) is 10.1. The Morgan fingerprint density at radius 3 is 2.62 bits per heavy atom. The Kier molecular flexibility index (Phi) is 5.94. The molecule has 5 nitrogen and oxygen atoms in total. The first-order chi connectivity index (χ1) is 15.4. The highest BCUT2D eigenvalue weighted by atomic mass is 19.1. The molecule has 0 bridgehead atoms. The van der Waals surface area contributed by atoms with Crippen LogP contribution in [-0.2, 0) is 6.54 Å². The van der Waals surface area contributed by atoms with E-state index in [1.807, 2.05) is 13.0 Å². The smallest absolute Gasteiger partial charge is 0.251 e. The van der Waals surface area contributed by atoms with Crippen molar-refractivity contribution in [3.8, 4) is 11.5 Å². The van der Waals surface area contributed by atoms with Crippen molar-refractivity contribution in [2.75, 3.05) is 0 Å². The number of rotatable bonds is 6.